The molecule has 0 saturated carbocycles. The highest BCUT2D eigenvalue weighted by Gasteiger charge is 2.24. The fourth-order valence-electron chi connectivity index (χ4n) is 1.93. The summed E-state index contributed by atoms with van der Waals surface area (Å²) in [6, 6.07) is 6.01. The molecule has 0 fully saturated rings. The minimum atomic E-state index is -4.17. The second-order valence-electron chi connectivity index (χ2n) is 7.13. The summed E-state index contributed by atoms with van der Waals surface area (Å²) < 4.78 is 36.2. The third kappa shape index (κ3) is 7.47. The fraction of sp³-hybridized carbons (Fsp3) is 0.562. The molecule has 0 bridgehead atoms. The van der Waals surface area contributed by atoms with Gasteiger partial charge in [-0.05, 0) is 65.2 Å². The van der Waals surface area contributed by atoms with Crippen LogP contribution >= 0.6 is 0 Å². The quantitative estimate of drug-likeness (QED) is 0.801. The number of hydrogen-bond donors (Lipinski definition) is 2. The number of aryl methyl sites for hydroxylation is 1. The summed E-state index contributed by atoms with van der Waals surface area (Å²) in [6.07, 6.45) is 0.829. The van der Waals surface area contributed by atoms with Gasteiger partial charge in [0.25, 0.3) is 10.1 Å². The minimum Gasteiger partial charge on any atom is -0.444 e. The number of carbonyl (C=O) groups excluding carboxylic acids is 1. The van der Waals surface area contributed by atoms with E-state index in [4.69, 9.17) is 9.29 Å². The molecule has 23 heavy (non-hydrogen) atoms. The van der Waals surface area contributed by atoms with Crippen LogP contribution in [0.25, 0.3) is 0 Å². The van der Waals surface area contributed by atoms with Crippen LogP contribution in [0.15, 0.2) is 29.2 Å². The molecule has 0 radical (unpaired) electrons. The van der Waals surface area contributed by atoms with Crippen LogP contribution < -0.4 is 5.32 Å². The molecule has 7 heteroatoms. The van der Waals surface area contributed by atoms with Crippen LogP contribution in [0.1, 0.15) is 46.6 Å². The smallest absolute Gasteiger partial charge is 0.408 e. The predicted octanol–water partition coefficient (Wildman–Crippen LogP) is 3.17. The first-order valence-electron chi connectivity index (χ1n) is 7.36. The number of carbonyl (C=O) groups is 1. The lowest BCUT2D eigenvalue weighted by Gasteiger charge is -2.28. The van der Waals surface area contributed by atoms with Crippen molar-refractivity contribution in [3.8, 4) is 0 Å². The minimum absolute atomic E-state index is 0.132. The second-order valence-corrected chi connectivity index (χ2v) is 8.55. The van der Waals surface area contributed by atoms with Crippen molar-refractivity contribution in [3.05, 3.63) is 29.8 Å². The van der Waals surface area contributed by atoms with Gasteiger partial charge in [0.2, 0.25) is 0 Å². The summed E-state index contributed by atoms with van der Waals surface area (Å²) in [5.41, 5.74) is -0.105. The van der Waals surface area contributed by atoms with Gasteiger partial charge in [-0.1, -0.05) is 12.1 Å². The zero-order chi connectivity index (χ0) is 17.9. The largest absolute Gasteiger partial charge is 0.444 e. The summed E-state index contributed by atoms with van der Waals surface area (Å²) in [4.78, 5) is 11.7. The lowest BCUT2D eigenvalue weighted by molar-refractivity contribution is 0.0468. The Balaban J connectivity index is 2.60. The monoisotopic (exact) mass is 343 g/mol. The van der Waals surface area contributed by atoms with E-state index in [1.807, 2.05) is 13.8 Å². The Bertz CT molecular complexity index is 642. The Kier molecular flexibility index (Phi) is 5.82. The average molecular weight is 343 g/mol. The molecule has 0 atom stereocenters. The van der Waals surface area contributed by atoms with E-state index in [1.54, 1.807) is 32.9 Å². The molecule has 6 nitrogen and oxygen atoms in total. The van der Waals surface area contributed by atoms with Gasteiger partial charge in [0.1, 0.15) is 5.60 Å². The lowest BCUT2D eigenvalue weighted by Crippen LogP contribution is -2.46. The summed E-state index contributed by atoms with van der Waals surface area (Å²) in [5.74, 6) is 0. The Morgan fingerprint density at radius 1 is 1.13 bits per heavy atom. The van der Waals surface area contributed by atoms with Crippen molar-refractivity contribution in [2.45, 2.75) is 63.5 Å². The van der Waals surface area contributed by atoms with E-state index in [0.717, 1.165) is 5.56 Å². The summed E-state index contributed by atoms with van der Waals surface area (Å²) >= 11 is 0. The maximum Gasteiger partial charge on any atom is 0.408 e. The van der Waals surface area contributed by atoms with Crippen LogP contribution in [-0.4, -0.2) is 30.2 Å². The molecule has 0 aliphatic heterocycles. The van der Waals surface area contributed by atoms with E-state index < -0.39 is 27.4 Å². The lowest BCUT2D eigenvalue weighted by atomic mass is 9.95. The predicted molar refractivity (Wildman–Crippen MR) is 88.0 cm³/mol. The summed E-state index contributed by atoms with van der Waals surface area (Å²) in [7, 11) is -4.17. The van der Waals surface area contributed by atoms with Crippen LogP contribution in [-0.2, 0) is 21.3 Å². The number of ether oxygens (including phenoxy) is 1. The molecule has 1 aromatic carbocycles. The molecular formula is C16H25NO5S. The molecule has 0 aromatic heterocycles. The highest BCUT2D eigenvalue weighted by atomic mass is 32.2. The molecule has 0 heterocycles. The van der Waals surface area contributed by atoms with Gasteiger partial charge in [0.05, 0.1) is 4.90 Å². The zero-order valence-electron chi connectivity index (χ0n) is 14.2. The van der Waals surface area contributed by atoms with E-state index in [-0.39, 0.29) is 4.90 Å². The fourth-order valence-corrected chi connectivity index (χ4v) is 2.41. The number of alkyl carbamates (subject to hydrolysis) is 1. The molecule has 0 unspecified atom stereocenters. The Labute approximate surface area is 138 Å². The van der Waals surface area contributed by atoms with Crippen LogP contribution in [0.2, 0.25) is 0 Å². The van der Waals surface area contributed by atoms with Gasteiger partial charge in [0, 0.05) is 5.54 Å². The number of nitrogens with one attached hydrogen (secondary N) is 1. The Hall–Kier alpha value is -1.60. The average Bonchev–Trinajstić information content (AvgIpc) is 2.33. The van der Waals surface area contributed by atoms with Crippen LogP contribution in [0.4, 0.5) is 4.79 Å². The van der Waals surface area contributed by atoms with Gasteiger partial charge < -0.3 is 10.1 Å². The SMILES string of the molecule is CC(C)(CCc1ccc(S(=O)(=O)O)cc1)NC(=O)OC(C)(C)C. The highest BCUT2D eigenvalue weighted by Crippen LogP contribution is 2.17. The van der Waals surface area contributed by atoms with Gasteiger partial charge in [0.15, 0.2) is 0 Å². The maximum absolute atomic E-state index is 11.8. The van der Waals surface area contributed by atoms with Gasteiger partial charge in [-0.25, -0.2) is 4.79 Å². The molecule has 0 aliphatic carbocycles. The van der Waals surface area contributed by atoms with E-state index in [0.29, 0.717) is 12.8 Å². The molecule has 130 valence electrons. The number of hydrogen-bond acceptors (Lipinski definition) is 4. The molecule has 0 spiro atoms. The van der Waals surface area contributed by atoms with Gasteiger partial charge in [-0.3, -0.25) is 4.55 Å². The van der Waals surface area contributed by atoms with Gasteiger partial charge >= 0.3 is 6.09 Å². The first kappa shape index (κ1) is 19.4. The van der Waals surface area contributed by atoms with E-state index in [9.17, 15) is 13.2 Å². The summed E-state index contributed by atoms with van der Waals surface area (Å²) in [5, 5.41) is 2.82. The molecule has 0 saturated heterocycles. The van der Waals surface area contributed by atoms with Crippen LogP contribution in [0.3, 0.4) is 0 Å². The zero-order valence-corrected chi connectivity index (χ0v) is 15.0. The molecule has 1 rings (SSSR count). The number of amides is 1. The Morgan fingerprint density at radius 2 is 1.65 bits per heavy atom. The molecule has 1 aromatic rings. The van der Waals surface area contributed by atoms with Crippen molar-refractivity contribution < 1.29 is 22.5 Å². The third-order valence-electron chi connectivity index (χ3n) is 3.10. The second kappa shape index (κ2) is 6.88. The van der Waals surface area contributed by atoms with Crippen molar-refractivity contribution in [1.29, 1.82) is 0 Å². The normalized spacial score (nSPS) is 12.8. The van der Waals surface area contributed by atoms with Crippen molar-refractivity contribution in [2.24, 2.45) is 0 Å². The van der Waals surface area contributed by atoms with Crippen molar-refractivity contribution in [3.63, 3.8) is 0 Å². The van der Waals surface area contributed by atoms with Gasteiger partial charge in [-0.2, -0.15) is 8.42 Å². The van der Waals surface area contributed by atoms with E-state index in [2.05, 4.69) is 5.32 Å². The third-order valence-corrected chi connectivity index (χ3v) is 3.97. The summed E-state index contributed by atoms with van der Waals surface area (Å²) in [6.45, 7) is 9.19. The molecule has 2 N–H and O–H groups in total. The van der Waals surface area contributed by atoms with Crippen molar-refractivity contribution in [2.75, 3.05) is 0 Å². The Morgan fingerprint density at radius 3 is 2.09 bits per heavy atom. The first-order chi connectivity index (χ1) is 10.3. The van der Waals surface area contributed by atoms with E-state index >= 15 is 0 Å². The maximum atomic E-state index is 11.8. The van der Waals surface area contributed by atoms with Crippen LogP contribution in [0, 0.1) is 0 Å². The topological polar surface area (TPSA) is 92.7 Å². The van der Waals surface area contributed by atoms with Crippen molar-refractivity contribution >= 4 is 16.2 Å². The number of rotatable bonds is 5. The first-order valence-corrected chi connectivity index (χ1v) is 8.80. The highest BCUT2D eigenvalue weighted by molar-refractivity contribution is 7.85. The van der Waals surface area contributed by atoms with E-state index in [1.165, 1.54) is 12.1 Å². The molecular weight excluding hydrogens is 318 g/mol. The van der Waals surface area contributed by atoms with Gasteiger partial charge in [-0.15, -0.1) is 0 Å². The molecule has 1 amide bonds. The molecule has 0 aliphatic rings. The van der Waals surface area contributed by atoms with Crippen LogP contribution in [0.5, 0.6) is 0 Å². The van der Waals surface area contributed by atoms with Crippen molar-refractivity contribution in [1.82, 2.24) is 5.32 Å². The number of benzene rings is 1. The standard InChI is InChI=1S/C16H25NO5S/c1-15(2,3)22-14(18)17-16(4,5)11-10-12-6-8-13(9-7-12)23(19,20)21/h6-9H,10-11H2,1-5H3,(H,17,18)(H,19,20,21).